The van der Waals surface area contributed by atoms with Crippen LogP contribution in [0.2, 0.25) is 0 Å². The summed E-state index contributed by atoms with van der Waals surface area (Å²) in [4.78, 5) is 26.7. The van der Waals surface area contributed by atoms with Crippen LogP contribution < -0.4 is 10.6 Å². The van der Waals surface area contributed by atoms with Crippen molar-refractivity contribution in [3.8, 4) is 0 Å². The summed E-state index contributed by atoms with van der Waals surface area (Å²) in [6.07, 6.45) is 3.94. The van der Waals surface area contributed by atoms with Gasteiger partial charge in [-0.05, 0) is 57.2 Å². The Balaban J connectivity index is 1.43. The molecule has 0 saturated carbocycles. The fourth-order valence-corrected chi connectivity index (χ4v) is 6.64. The molecule has 3 aromatic rings. The lowest BCUT2D eigenvalue weighted by molar-refractivity contribution is -0.115. The van der Waals surface area contributed by atoms with Crippen molar-refractivity contribution in [3.63, 3.8) is 0 Å². The molecule has 1 unspecified atom stereocenters. The molecule has 2 aromatic heterocycles. The topological polar surface area (TPSA) is 93.2 Å². The maximum atomic E-state index is 12.9. The van der Waals surface area contributed by atoms with E-state index in [-0.39, 0.29) is 11.9 Å². The standard InChI is InChI=1S/C22H24N4O3S3/c1-3-29-20(28)17-15-11-7-8-12-16(15)31-19(17)24-18(27)13(2)30-22-26-25-21(32-22)23-14-9-5-4-6-10-14/h4-6,9-10,13H,3,7-8,11-12H2,1-2H3,(H,23,25)(H,24,27). The molecule has 0 radical (unpaired) electrons. The number of nitrogens with one attached hydrogen (secondary N) is 2. The number of esters is 1. The van der Waals surface area contributed by atoms with Gasteiger partial charge in [0.2, 0.25) is 11.0 Å². The second-order valence-electron chi connectivity index (χ2n) is 7.25. The van der Waals surface area contributed by atoms with Gasteiger partial charge in [-0.15, -0.1) is 21.5 Å². The number of anilines is 3. The normalized spacial score (nSPS) is 13.8. The molecule has 4 rings (SSSR count). The predicted molar refractivity (Wildman–Crippen MR) is 130 cm³/mol. The second kappa shape index (κ2) is 10.5. The Morgan fingerprint density at radius 3 is 2.72 bits per heavy atom. The van der Waals surface area contributed by atoms with Crippen molar-refractivity contribution in [3.05, 3.63) is 46.3 Å². The van der Waals surface area contributed by atoms with E-state index >= 15 is 0 Å². The van der Waals surface area contributed by atoms with Gasteiger partial charge >= 0.3 is 5.97 Å². The van der Waals surface area contributed by atoms with Crippen molar-refractivity contribution in [1.29, 1.82) is 0 Å². The number of carbonyl (C=O) groups is 2. The molecule has 1 amide bonds. The Hall–Kier alpha value is -2.43. The summed E-state index contributed by atoms with van der Waals surface area (Å²) in [5.41, 5.74) is 2.50. The Labute approximate surface area is 199 Å². The minimum atomic E-state index is -0.401. The van der Waals surface area contributed by atoms with E-state index in [2.05, 4.69) is 20.8 Å². The lowest BCUT2D eigenvalue weighted by Crippen LogP contribution is -2.23. The minimum Gasteiger partial charge on any atom is -0.462 e. The summed E-state index contributed by atoms with van der Waals surface area (Å²) >= 11 is 4.23. The molecule has 1 aliphatic rings. The van der Waals surface area contributed by atoms with Crippen LogP contribution in [0.4, 0.5) is 15.8 Å². The summed E-state index contributed by atoms with van der Waals surface area (Å²) in [5.74, 6) is -0.532. The van der Waals surface area contributed by atoms with Gasteiger partial charge in [-0.25, -0.2) is 4.79 Å². The van der Waals surface area contributed by atoms with Crippen LogP contribution in [-0.2, 0) is 22.4 Å². The monoisotopic (exact) mass is 488 g/mol. The molecular weight excluding hydrogens is 464 g/mol. The highest BCUT2D eigenvalue weighted by Gasteiger charge is 2.28. The highest BCUT2D eigenvalue weighted by atomic mass is 32.2. The molecule has 32 heavy (non-hydrogen) atoms. The lowest BCUT2D eigenvalue weighted by atomic mass is 9.95. The van der Waals surface area contributed by atoms with E-state index in [1.165, 1.54) is 39.3 Å². The molecule has 2 N–H and O–H groups in total. The maximum Gasteiger partial charge on any atom is 0.341 e. The molecule has 2 heterocycles. The average Bonchev–Trinajstić information content (AvgIpc) is 3.38. The van der Waals surface area contributed by atoms with Crippen LogP contribution in [0.5, 0.6) is 0 Å². The number of benzene rings is 1. The number of fused-ring (bicyclic) bond motifs is 1. The number of hydrogen-bond donors (Lipinski definition) is 2. The third-order valence-corrected chi connectivity index (χ3v) is 8.20. The highest BCUT2D eigenvalue weighted by molar-refractivity contribution is 8.02. The number of amides is 1. The fourth-order valence-electron chi connectivity index (χ4n) is 3.44. The van der Waals surface area contributed by atoms with Crippen LogP contribution in [0.3, 0.4) is 0 Å². The van der Waals surface area contributed by atoms with E-state index in [1.54, 1.807) is 6.92 Å². The van der Waals surface area contributed by atoms with Crippen LogP contribution in [-0.4, -0.2) is 33.9 Å². The van der Waals surface area contributed by atoms with Gasteiger partial charge in [-0.1, -0.05) is 41.3 Å². The van der Waals surface area contributed by atoms with Gasteiger partial charge in [0.25, 0.3) is 0 Å². The van der Waals surface area contributed by atoms with E-state index in [4.69, 9.17) is 4.74 Å². The predicted octanol–water partition coefficient (Wildman–Crippen LogP) is 5.52. The first-order valence-electron chi connectivity index (χ1n) is 10.5. The quantitative estimate of drug-likeness (QED) is 0.319. The Morgan fingerprint density at radius 2 is 1.94 bits per heavy atom. The van der Waals surface area contributed by atoms with Gasteiger partial charge in [0, 0.05) is 10.6 Å². The maximum absolute atomic E-state index is 12.9. The highest BCUT2D eigenvalue weighted by Crippen LogP contribution is 2.39. The molecule has 168 valence electrons. The molecule has 0 aliphatic heterocycles. The summed E-state index contributed by atoms with van der Waals surface area (Å²) in [7, 11) is 0. The van der Waals surface area contributed by atoms with Crippen molar-refractivity contribution >= 4 is 62.1 Å². The number of para-hydroxylation sites is 1. The Bertz CT molecular complexity index is 1100. The smallest absolute Gasteiger partial charge is 0.341 e. The van der Waals surface area contributed by atoms with Gasteiger partial charge in [-0.3, -0.25) is 4.79 Å². The molecule has 7 nitrogen and oxygen atoms in total. The lowest BCUT2D eigenvalue weighted by Gasteiger charge is -2.13. The third-order valence-electron chi connectivity index (χ3n) is 4.97. The molecule has 0 spiro atoms. The van der Waals surface area contributed by atoms with Crippen LogP contribution in [0.15, 0.2) is 34.7 Å². The zero-order valence-corrected chi connectivity index (χ0v) is 20.3. The number of thiophene rings is 1. The summed E-state index contributed by atoms with van der Waals surface area (Å²) in [5, 5.41) is 15.4. The molecule has 1 aromatic carbocycles. The third kappa shape index (κ3) is 5.31. The number of carbonyl (C=O) groups excluding carboxylic acids is 2. The van der Waals surface area contributed by atoms with E-state index in [0.29, 0.717) is 26.6 Å². The van der Waals surface area contributed by atoms with Gasteiger partial charge in [0.1, 0.15) is 5.00 Å². The second-order valence-corrected chi connectivity index (χ2v) is 10.9. The van der Waals surface area contributed by atoms with E-state index in [9.17, 15) is 9.59 Å². The van der Waals surface area contributed by atoms with Crippen LogP contribution in [0.1, 0.15) is 47.5 Å². The fraction of sp³-hybridized carbons (Fsp3) is 0.364. The van der Waals surface area contributed by atoms with Gasteiger partial charge in [-0.2, -0.15) is 0 Å². The minimum absolute atomic E-state index is 0.174. The van der Waals surface area contributed by atoms with Crippen molar-refractivity contribution < 1.29 is 14.3 Å². The molecule has 0 fully saturated rings. The molecule has 0 bridgehead atoms. The first-order chi connectivity index (χ1) is 15.5. The number of hydrogen-bond acceptors (Lipinski definition) is 9. The molecule has 10 heteroatoms. The largest absolute Gasteiger partial charge is 0.462 e. The summed E-state index contributed by atoms with van der Waals surface area (Å²) in [6, 6.07) is 9.74. The van der Waals surface area contributed by atoms with Crippen LogP contribution >= 0.6 is 34.4 Å². The summed E-state index contributed by atoms with van der Waals surface area (Å²) in [6.45, 7) is 3.92. The molecule has 1 atom stereocenters. The van der Waals surface area contributed by atoms with Gasteiger partial charge in [0.05, 0.1) is 17.4 Å². The van der Waals surface area contributed by atoms with Crippen molar-refractivity contribution in [2.45, 2.75) is 49.1 Å². The number of nitrogens with zero attached hydrogens (tertiary/aromatic N) is 2. The van der Waals surface area contributed by atoms with Crippen LogP contribution in [0.25, 0.3) is 0 Å². The molecular formula is C22H24N4O3S3. The van der Waals surface area contributed by atoms with Crippen molar-refractivity contribution in [2.75, 3.05) is 17.2 Å². The number of aryl methyl sites for hydroxylation is 1. The van der Waals surface area contributed by atoms with E-state index in [1.807, 2.05) is 37.3 Å². The average molecular weight is 489 g/mol. The van der Waals surface area contributed by atoms with Crippen molar-refractivity contribution in [1.82, 2.24) is 10.2 Å². The zero-order chi connectivity index (χ0) is 22.5. The van der Waals surface area contributed by atoms with Gasteiger partial charge in [0.15, 0.2) is 4.34 Å². The number of thioether (sulfide) groups is 1. The SMILES string of the molecule is CCOC(=O)c1c(NC(=O)C(C)Sc2nnc(Nc3ccccc3)s2)sc2c1CCCC2. The Morgan fingerprint density at radius 1 is 1.16 bits per heavy atom. The number of rotatable bonds is 8. The van der Waals surface area contributed by atoms with Crippen LogP contribution in [0, 0.1) is 0 Å². The first-order valence-corrected chi connectivity index (χ1v) is 13.0. The van der Waals surface area contributed by atoms with E-state index in [0.717, 1.165) is 36.9 Å². The van der Waals surface area contributed by atoms with Gasteiger partial charge < -0.3 is 15.4 Å². The van der Waals surface area contributed by atoms with E-state index < -0.39 is 5.25 Å². The number of aromatic nitrogens is 2. The molecule has 1 aliphatic carbocycles. The summed E-state index contributed by atoms with van der Waals surface area (Å²) < 4.78 is 5.97. The molecule has 0 saturated heterocycles. The zero-order valence-electron chi connectivity index (χ0n) is 17.8. The van der Waals surface area contributed by atoms with Crippen molar-refractivity contribution in [2.24, 2.45) is 0 Å². The first kappa shape index (κ1) is 22.8. The number of ether oxygens (including phenoxy) is 1. The Kier molecular flexibility index (Phi) is 7.44.